The minimum atomic E-state index is -0.443. The quantitative estimate of drug-likeness (QED) is 0.759. The second kappa shape index (κ2) is 9.31. The van der Waals surface area contributed by atoms with Crippen LogP contribution in [0.3, 0.4) is 0 Å². The maximum atomic E-state index is 13.2. The lowest BCUT2D eigenvalue weighted by Crippen LogP contribution is -2.52. The summed E-state index contributed by atoms with van der Waals surface area (Å²) in [5.41, 5.74) is 1.29. The second-order valence-electron chi connectivity index (χ2n) is 7.99. The number of carbonyl (C=O) groups is 3. The Hall–Kier alpha value is -3.19. The van der Waals surface area contributed by atoms with Crippen LogP contribution in [-0.2, 0) is 14.4 Å². The molecule has 2 fully saturated rings. The van der Waals surface area contributed by atoms with Gasteiger partial charge in [-0.15, -0.1) is 5.06 Å². The van der Waals surface area contributed by atoms with E-state index in [0.717, 1.165) is 12.1 Å². The van der Waals surface area contributed by atoms with Crippen molar-refractivity contribution in [3.05, 3.63) is 66.2 Å². The van der Waals surface area contributed by atoms with Crippen molar-refractivity contribution in [1.82, 2.24) is 9.96 Å². The molecule has 0 N–H and O–H groups in total. The summed E-state index contributed by atoms with van der Waals surface area (Å²) in [4.78, 5) is 47.5. The summed E-state index contributed by atoms with van der Waals surface area (Å²) in [6.45, 7) is 0.846. The van der Waals surface area contributed by atoms with Crippen molar-refractivity contribution in [1.29, 1.82) is 0 Å². The molecule has 2 aliphatic heterocycles. The fourth-order valence-electron chi connectivity index (χ4n) is 4.38. The number of benzene rings is 2. The van der Waals surface area contributed by atoms with Crippen molar-refractivity contribution in [2.75, 3.05) is 25.0 Å². The van der Waals surface area contributed by atoms with Gasteiger partial charge in [0.2, 0.25) is 11.8 Å². The smallest absolute Gasteiger partial charge is 0.357 e. The fraction of sp³-hybridized carbons (Fsp3) is 0.375. The summed E-state index contributed by atoms with van der Waals surface area (Å²) >= 11 is 0. The molecule has 0 bridgehead atoms. The normalized spacial score (nSPS) is 21.7. The third-order valence-electron chi connectivity index (χ3n) is 6.06. The summed E-state index contributed by atoms with van der Waals surface area (Å²) in [7, 11) is 1.75. The zero-order valence-electron chi connectivity index (χ0n) is 17.6. The van der Waals surface area contributed by atoms with Crippen molar-refractivity contribution >= 4 is 23.5 Å². The molecule has 31 heavy (non-hydrogen) atoms. The highest BCUT2D eigenvalue weighted by Gasteiger charge is 2.42. The van der Waals surface area contributed by atoms with Gasteiger partial charge in [0.1, 0.15) is 6.04 Å². The van der Waals surface area contributed by atoms with Crippen LogP contribution < -0.4 is 4.90 Å². The highest BCUT2D eigenvalue weighted by atomic mass is 16.7. The number of amides is 2. The summed E-state index contributed by atoms with van der Waals surface area (Å²) in [6.07, 6.45) is 2.28. The van der Waals surface area contributed by atoms with Crippen molar-refractivity contribution in [3.8, 4) is 0 Å². The number of para-hydroxylation sites is 1. The minimum Gasteiger partial charge on any atom is -0.364 e. The van der Waals surface area contributed by atoms with Gasteiger partial charge in [-0.05, 0) is 43.5 Å². The van der Waals surface area contributed by atoms with Gasteiger partial charge in [0.25, 0.3) is 0 Å². The molecular weight excluding hydrogens is 394 g/mol. The van der Waals surface area contributed by atoms with Crippen LogP contribution in [-0.4, -0.2) is 60.0 Å². The molecule has 4 rings (SSSR count). The number of hydrogen-bond donors (Lipinski definition) is 0. The molecule has 0 saturated carbocycles. The summed E-state index contributed by atoms with van der Waals surface area (Å²) < 4.78 is 0. The molecule has 2 atom stereocenters. The maximum Gasteiger partial charge on any atom is 0.357 e. The van der Waals surface area contributed by atoms with Crippen LogP contribution in [0.2, 0.25) is 0 Å². The first kappa shape index (κ1) is 21.1. The molecule has 2 aromatic carbocycles. The predicted molar refractivity (Wildman–Crippen MR) is 116 cm³/mol. The zero-order valence-corrected chi connectivity index (χ0v) is 17.6. The number of hydrogen-bond acceptors (Lipinski definition) is 5. The lowest BCUT2D eigenvalue weighted by molar-refractivity contribution is -0.149. The standard InChI is InChI=1S/C24H27N3O4/c1-25(19-10-6-3-7-11-19)23(29)21-13-12-20-14-16-26(17-15-22(28)27(20)21)31-24(30)18-8-4-2-5-9-18/h2-11,20-21H,12-17H2,1H3/t20-,21+/m1/s1. The fourth-order valence-corrected chi connectivity index (χ4v) is 4.38. The van der Waals surface area contributed by atoms with Gasteiger partial charge in [0.05, 0.1) is 5.56 Å². The SMILES string of the molecule is CN(C(=O)[C@@H]1CC[C@@H]2CCN(OC(=O)c3ccccc3)CCC(=O)N21)c1ccccc1. The van der Waals surface area contributed by atoms with Gasteiger partial charge in [0.15, 0.2) is 0 Å². The monoisotopic (exact) mass is 421 g/mol. The maximum absolute atomic E-state index is 13.2. The Morgan fingerprint density at radius 1 is 0.935 bits per heavy atom. The Morgan fingerprint density at radius 2 is 1.61 bits per heavy atom. The highest BCUT2D eigenvalue weighted by Crippen LogP contribution is 2.31. The Balaban J connectivity index is 1.41. The number of carbonyl (C=O) groups excluding carboxylic acids is 3. The highest BCUT2D eigenvalue weighted by molar-refractivity contribution is 5.99. The van der Waals surface area contributed by atoms with Crippen molar-refractivity contribution < 1.29 is 19.2 Å². The van der Waals surface area contributed by atoms with E-state index in [-0.39, 0.29) is 24.3 Å². The van der Waals surface area contributed by atoms with E-state index in [2.05, 4.69) is 0 Å². The van der Waals surface area contributed by atoms with Crippen LogP contribution >= 0.6 is 0 Å². The molecule has 0 spiro atoms. The Morgan fingerprint density at radius 3 is 2.32 bits per heavy atom. The summed E-state index contributed by atoms with van der Waals surface area (Å²) in [5.74, 6) is -0.549. The lowest BCUT2D eigenvalue weighted by atomic mass is 10.1. The summed E-state index contributed by atoms with van der Waals surface area (Å²) in [5, 5.41) is 1.58. The van der Waals surface area contributed by atoms with Crippen LogP contribution in [0.15, 0.2) is 60.7 Å². The van der Waals surface area contributed by atoms with E-state index in [1.54, 1.807) is 46.2 Å². The number of nitrogens with zero attached hydrogens (tertiary/aromatic N) is 3. The van der Waals surface area contributed by atoms with Crippen LogP contribution in [0.25, 0.3) is 0 Å². The van der Waals surface area contributed by atoms with Gasteiger partial charge >= 0.3 is 5.97 Å². The number of likely N-dealkylation sites (N-methyl/N-ethyl adjacent to an activating group) is 1. The van der Waals surface area contributed by atoms with E-state index < -0.39 is 12.0 Å². The molecule has 0 aliphatic carbocycles. The first-order valence-electron chi connectivity index (χ1n) is 10.7. The first-order valence-corrected chi connectivity index (χ1v) is 10.7. The molecule has 7 heteroatoms. The topological polar surface area (TPSA) is 70.2 Å². The predicted octanol–water partition coefficient (Wildman–Crippen LogP) is 2.88. The van der Waals surface area contributed by atoms with E-state index in [9.17, 15) is 14.4 Å². The molecule has 0 unspecified atom stereocenters. The largest absolute Gasteiger partial charge is 0.364 e. The van der Waals surface area contributed by atoms with E-state index in [0.29, 0.717) is 31.5 Å². The van der Waals surface area contributed by atoms with E-state index in [1.807, 2.05) is 36.4 Å². The van der Waals surface area contributed by atoms with Gasteiger partial charge in [-0.3, -0.25) is 9.59 Å². The molecule has 2 aromatic rings. The molecule has 2 aliphatic rings. The molecule has 2 saturated heterocycles. The Bertz CT molecular complexity index is 934. The van der Waals surface area contributed by atoms with E-state index >= 15 is 0 Å². The van der Waals surface area contributed by atoms with Crippen molar-refractivity contribution in [2.45, 2.75) is 37.8 Å². The van der Waals surface area contributed by atoms with Gasteiger partial charge < -0.3 is 14.6 Å². The molecule has 0 aromatic heterocycles. The lowest BCUT2D eigenvalue weighted by Gasteiger charge is -2.35. The van der Waals surface area contributed by atoms with Gasteiger partial charge in [-0.2, -0.15) is 0 Å². The van der Waals surface area contributed by atoms with Gasteiger partial charge in [-0.25, -0.2) is 4.79 Å². The Labute approximate surface area is 182 Å². The average Bonchev–Trinajstić information content (AvgIpc) is 3.23. The third kappa shape index (κ3) is 4.61. The molecular formula is C24H27N3O4. The van der Waals surface area contributed by atoms with Crippen LogP contribution in [0, 0.1) is 0 Å². The molecule has 2 heterocycles. The van der Waals surface area contributed by atoms with Crippen molar-refractivity contribution in [2.24, 2.45) is 0 Å². The van der Waals surface area contributed by atoms with Crippen LogP contribution in [0.4, 0.5) is 5.69 Å². The first-order chi connectivity index (χ1) is 15.0. The van der Waals surface area contributed by atoms with Crippen LogP contribution in [0.1, 0.15) is 36.0 Å². The van der Waals surface area contributed by atoms with Gasteiger partial charge in [0, 0.05) is 38.3 Å². The molecule has 0 radical (unpaired) electrons. The van der Waals surface area contributed by atoms with Crippen molar-refractivity contribution in [3.63, 3.8) is 0 Å². The molecule has 7 nitrogen and oxygen atoms in total. The number of fused-ring (bicyclic) bond motifs is 1. The number of hydroxylamine groups is 2. The summed E-state index contributed by atoms with van der Waals surface area (Å²) in [6, 6.07) is 17.8. The van der Waals surface area contributed by atoms with Gasteiger partial charge in [-0.1, -0.05) is 36.4 Å². The third-order valence-corrected chi connectivity index (χ3v) is 6.06. The van der Waals surface area contributed by atoms with E-state index in [1.165, 1.54) is 0 Å². The zero-order chi connectivity index (χ0) is 21.8. The second-order valence-corrected chi connectivity index (χ2v) is 7.99. The minimum absolute atomic E-state index is 0.0242. The Kier molecular flexibility index (Phi) is 6.32. The van der Waals surface area contributed by atoms with E-state index in [4.69, 9.17) is 4.84 Å². The number of anilines is 1. The molecule has 162 valence electrons. The average molecular weight is 421 g/mol. The molecule has 2 amide bonds. The van der Waals surface area contributed by atoms with Crippen LogP contribution in [0.5, 0.6) is 0 Å². The number of rotatable bonds is 4.